The van der Waals surface area contributed by atoms with Crippen LogP contribution in [0.4, 0.5) is 0 Å². The van der Waals surface area contributed by atoms with Crippen LogP contribution in [0.3, 0.4) is 0 Å². The molecule has 0 fully saturated rings. The fraction of sp³-hybridized carbons (Fsp3) is 0. The molecule has 3 aromatic heterocycles. The van der Waals surface area contributed by atoms with Crippen molar-refractivity contribution in [2.75, 3.05) is 0 Å². The lowest BCUT2D eigenvalue weighted by molar-refractivity contribution is 1.17. The topological polar surface area (TPSA) is 9.86 Å². The van der Waals surface area contributed by atoms with E-state index in [0.717, 1.165) is 60.4 Å². The van der Waals surface area contributed by atoms with Gasteiger partial charge in [-0.2, -0.15) is 0 Å². The smallest absolute Gasteiger partial charge is 0.0645 e. The Morgan fingerprint density at radius 1 is 0.368 bits per heavy atom. The minimum Gasteiger partial charge on any atom is -0.309 e. The van der Waals surface area contributed by atoms with Gasteiger partial charge in [-0.05, 0) is 98.0 Å². The lowest BCUT2D eigenvalue weighted by Gasteiger charge is -2.12. The van der Waals surface area contributed by atoms with Crippen LogP contribution < -0.4 is 0 Å². The average molecular weight is 743 g/mol. The molecule has 0 aliphatic heterocycles. The van der Waals surface area contributed by atoms with E-state index in [1.54, 1.807) is 0 Å². The summed E-state index contributed by atoms with van der Waals surface area (Å²) in [6.45, 7) is 0. The van der Waals surface area contributed by atoms with Gasteiger partial charge in [-0.25, -0.2) is 0 Å². The zero-order valence-electron chi connectivity index (χ0n) is 32.6. The summed E-state index contributed by atoms with van der Waals surface area (Å²) in [6, 6.07) is 65.5. The van der Waals surface area contributed by atoms with Crippen LogP contribution in [-0.4, -0.2) is 9.13 Å². The molecule has 0 saturated carbocycles. The zero-order chi connectivity index (χ0) is 38.9. The van der Waals surface area contributed by atoms with Gasteiger partial charge in [-0.15, -0.1) is 11.3 Å². The fourth-order valence-corrected chi connectivity index (χ4v) is 10.8. The molecule has 0 bridgehead atoms. The van der Waals surface area contributed by atoms with E-state index in [-0.39, 0.29) is 0 Å². The highest BCUT2D eigenvalue weighted by atomic mass is 32.1. The molecule has 10 aromatic carbocycles. The molecule has 57 heavy (non-hydrogen) atoms. The van der Waals surface area contributed by atoms with Crippen molar-refractivity contribution in [3.05, 3.63) is 194 Å². The normalized spacial score (nSPS) is 12.7. The molecule has 0 radical (unpaired) electrons. The van der Waals surface area contributed by atoms with Gasteiger partial charge in [0.25, 0.3) is 0 Å². The van der Waals surface area contributed by atoms with Crippen LogP contribution >= 0.6 is 11.3 Å². The van der Waals surface area contributed by atoms with Crippen molar-refractivity contribution in [1.29, 1.82) is 0 Å². The Morgan fingerprint density at radius 2 is 1.02 bits per heavy atom. The summed E-state index contributed by atoms with van der Waals surface area (Å²) in [4.78, 5) is 0. The summed E-state index contributed by atoms with van der Waals surface area (Å²) in [5.74, 6) is 0. The van der Waals surface area contributed by atoms with Crippen LogP contribution in [0.15, 0.2) is 194 Å². The Kier molecular flexibility index (Phi) is 5.96. The number of rotatable bonds is 3. The van der Waals surface area contributed by atoms with Crippen LogP contribution in [-0.2, 0) is 0 Å². The third kappa shape index (κ3) is 4.40. The highest BCUT2D eigenvalue weighted by Crippen LogP contribution is 2.44. The van der Waals surface area contributed by atoms with Crippen molar-refractivity contribution in [1.82, 2.24) is 9.13 Å². The quantitative estimate of drug-likeness (QED) is 0.171. The number of para-hydroxylation sites is 1. The molecular weight excluding hydrogens is 709 g/mol. The van der Waals surface area contributed by atoms with Crippen LogP contribution in [0.2, 0.25) is 0 Å². The molecule has 0 unspecified atom stereocenters. The average Bonchev–Trinajstić information content (AvgIpc) is 3.92. The minimum atomic E-state index is 0.317. The first-order valence-electron chi connectivity index (χ1n) is 20.4. The van der Waals surface area contributed by atoms with Gasteiger partial charge in [0.05, 0.1) is 24.8 Å². The van der Waals surface area contributed by atoms with Gasteiger partial charge >= 0.3 is 0 Å². The number of fused-ring (bicyclic) bond motifs is 14. The summed E-state index contributed by atoms with van der Waals surface area (Å²) >= 11 is 1.86. The van der Waals surface area contributed by atoms with Gasteiger partial charge in [0, 0.05) is 53.1 Å². The third-order valence-electron chi connectivity index (χ3n) is 12.1. The van der Waals surface area contributed by atoms with E-state index < -0.39 is 0 Å². The number of hydrogen-bond donors (Lipinski definition) is 0. The lowest BCUT2D eigenvalue weighted by Crippen LogP contribution is -1.96. The molecule has 13 rings (SSSR count). The molecule has 13 aromatic rings. The molecule has 0 amide bonds. The van der Waals surface area contributed by atoms with Gasteiger partial charge in [0.1, 0.15) is 0 Å². The molecule has 0 aliphatic rings. The second-order valence-electron chi connectivity index (χ2n) is 15.1. The van der Waals surface area contributed by atoms with Crippen molar-refractivity contribution in [2.24, 2.45) is 0 Å². The Bertz CT molecular complexity index is 3910. The summed E-state index contributed by atoms with van der Waals surface area (Å²) in [6.07, 6.45) is 0. The standard InChI is InChI=1S/C54H32N2S/c1-4-14-39-33(10-1)13-9-18-40(39)36-20-24-37(25-21-36)55-48-19-8-7-17-43(48)45-31-47-51(32-50(45)55)56(49-28-23-34-11-2-5-15-41(34)53(47)49)38-26-29-52-46(30-38)44-27-22-35-12-3-6-16-42(35)54(44)57-52/h1-32H/i24D,25D. The number of thiophene rings is 1. The van der Waals surface area contributed by atoms with Crippen molar-refractivity contribution >= 4 is 107 Å². The van der Waals surface area contributed by atoms with E-state index in [9.17, 15) is 2.74 Å². The molecule has 0 saturated heterocycles. The number of hydrogen-bond acceptors (Lipinski definition) is 1. The molecule has 3 heterocycles. The maximum absolute atomic E-state index is 9.59. The predicted octanol–water partition coefficient (Wildman–Crippen LogP) is 15.4. The van der Waals surface area contributed by atoms with Crippen LogP contribution in [0.5, 0.6) is 0 Å². The van der Waals surface area contributed by atoms with Gasteiger partial charge in [-0.1, -0.05) is 140 Å². The van der Waals surface area contributed by atoms with E-state index in [2.05, 4.69) is 167 Å². The van der Waals surface area contributed by atoms with Gasteiger partial charge < -0.3 is 9.13 Å². The van der Waals surface area contributed by atoms with Crippen LogP contribution in [0.1, 0.15) is 2.74 Å². The molecule has 264 valence electrons. The van der Waals surface area contributed by atoms with Gasteiger partial charge in [-0.3, -0.25) is 0 Å². The van der Waals surface area contributed by atoms with Gasteiger partial charge in [0.2, 0.25) is 0 Å². The zero-order valence-corrected chi connectivity index (χ0v) is 31.4. The first kappa shape index (κ1) is 29.1. The lowest BCUT2D eigenvalue weighted by atomic mass is 9.98. The van der Waals surface area contributed by atoms with Crippen molar-refractivity contribution in [2.45, 2.75) is 0 Å². The molecule has 3 heteroatoms. The summed E-state index contributed by atoms with van der Waals surface area (Å²) in [7, 11) is 0. The first-order chi connectivity index (χ1) is 29.1. The Balaban J connectivity index is 1.12. The van der Waals surface area contributed by atoms with E-state index in [4.69, 9.17) is 0 Å². The highest BCUT2D eigenvalue weighted by Gasteiger charge is 2.21. The number of benzene rings is 10. The SMILES string of the molecule is [2H]c1cc(-c2cccc3ccccc23)cc([2H])c1-n1c2ccccc2c2cc3c4c5ccccc5ccc4n(-c4ccc5sc6c7ccccc7ccc6c5c4)c3cc21. The van der Waals surface area contributed by atoms with E-state index >= 15 is 0 Å². The highest BCUT2D eigenvalue weighted by molar-refractivity contribution is 7.26. The summed E-state index contributed by atoms with van der Waals surface area (Å²) in [5.41, 5.74) is 7.77. The maximum atomic E-state index is 9.59. The van der Waals surface area contributed by atoms with Gasteiger partial charge in [0.15, 0.2) is 0 Å². The first-order valence-corrected chi connectivity index (χ1v) is 20.2. The minimum absolute atomic E-state index is 0.317. The third-order valence-corrected chi connectivity index (χ3v) is 13.3. The largest absolute Gasteiger partial charge is 0.309 e. The Hall–Kier alpha value is -7.20. The molecule has 0 atom stereocenters. The molecule has 0 spiro atoms. The van der Waals surface area contributed by atoms with Crippen molar-refractivity contribution < 1.29 is 2.74 Å². The number of nitrogens with zero attached hydrogens (tertiary/aromatic N) is 2. The van der Waals surface area contributed by atoms with E-state index in [1.165, 1.54) is 52.5 Å². The number of aromatic nitrogens is 2. The second kappa shape index (κ2) is 11.7. The Labute approximate surface area is 334 Å². The molecule has 0 aliphatic carbocycles. The van der Waals surface area contributed by atoms with Crippen LogP contribution in [0.25, 0.3) is 119 Å². The predicted molar refractivity (Wildman–Crippen MR) is 246 cm³/mol. The second-order valence-corrected chi connectivity index (χ2v) is 16.2. The Morgan fingerprint density at radius 3 is 1.86 bits per heavy atom. The fourth-order valence-electron chi connectivity index (χ4n) is 9.54. The molecule has 0 N–H and O–H groups in total. The van der Waals surface area contributed by atoms with E-state index in [0.29, 0.717) is 17.8 Å². The molecule has 2 nitrogen and oxygen atoms in total. The molecular formula is C54H32N2S. The maximum Gasteiger partial charge on any atom is 0.0645 e. The monoisotopic (exact) mass is 742 g/mol. The summed E-state index contributed by atoms with van der Waals surface area (Å²) < 4.78 is 26.3. The van der Waals surface area contributed by atoms with Crippen LogP contribution in [0, 0.1) is 0 Å². The van der Waals surface area contributed by atoms with E-state index in [1.807, 2.05) is 35.6 Å². The van der Waals surface area contributed by atoms with Crippen molar-refractivity contribution in [3.8, 4) is 22.5 Å². The summed E-state index contributed by atoms with van der Waals surface area (Å²) in [5, 5.41) is 14.4. The van der Waals surface area contributed by atoms with Crippen molar-refractivity contribution in [3.63, 3.8) is 0 Å².